The summed E-state index contributed by atoms with van der Waals surface area (Å²) in [6.45, 7) is 1.22. The van der Waals surface area contributed by atoms with Crippen LogP contribution >= 0.6 is 23.2 Å². The lowest BCUT2D eigenvalue weighted by Crippen LogP contribution is -2.55. The third-order valence-electron chi connectivity index (χ3n) is 8.54. The number of rotatable bonds is 12. The van der Waals surface area contributed by atoms with E-state index in [-0.39, 0.29) is 29.8 Å². The van der Waals surface area contributed by atoms with E-state index in [0.29, 0.717) is 21.3 Å². The van der Waals surface area contributed by atoms with Gasteiger partial charge in [0.05, 0.1) is 10.6 Å². The molecule has 1 unspecified atom stereocenters. The highest BCUT2D eigenvalue weighted by Gasteiger charge is 2.36. The van der Waals surface area contributed by atoms with Crippen LogP contribution in [-0.2, 0) is 32.6 Å². The molecule has 5 rings (SSSR count). The maximum absolute atomic E-state index is 14.7. The first kappa shape index (κ1) is 34.5. The third-order valence-corrected chi connectivity index (χ3v) is 11.0. The van der Waals surface area contributed by atoms with Gasteiger partial charge < -0.3 is 10.2 Å². The SMILES string of the molecule is Cc1ccc(S(=O)(=O)N(CC(=O)N(Cc2c(Cl)cccc2Cl)C(Cc2ccccc2)C(=O)NC2CCCCC2)c2ccccc2)cc1. The van der Waals surface area contributed by atoms with Crippen LogP contribution in [0.15, 0.2) is 108 Å². The Bertz CT molecular complexity index is 1740. The van der Waals surface area contributed by atoms with Gasteiger partial charge in [-0.1, -0.05) is 115 Å². The lowest BCUT2D eigenvalue weighted by atomic mass is 9.94. The predicted molar refractivity (Wildman–Crippen MR) is 188 cm³/mol. The van der Waals surface area contributed by atoms with Crippen LogP contribution in [-0.4, -0.2) is 43.8 Å². The second-order valence-corrected chi connectivity index (χ2v) is 14.6. The minimum absolute atomic E-state index is 0.00175. The maximum atomic E-state index is 14.7. The van der Waals surface area contributed by atoms with Gasteiger partial charge in [0.1, 0.15) is 12.6 Å². The largest absolute Gasteiger partial charge is 0.352 e. The molecule has 0 heterocycles. The Morgan fingerprint density at radius 1 is 0.809 bits per heavy atom. The molecule has 0 saturated heterocycles. The summed E-state index contributed by atoms with van der Waals surface area (Å²) in [4.78, 5) is 30.4. The molecule has 1 saturated carbocycles. The fraction of sp³-hybridized carbons (Fsp3) is 0.297. The first-order chi connectivity index (χ1) is 22.6. The van der Waals surface area contributed by atoms with Crippen molar-refractivity contribution in [2.24, 2.45) is 0 Å². The Balaban J connectivity index is 1.58. The summed E-state index contributed by atoms with van der Waals surface area (Å²) in [5.74, 6) is -0.870. The molecular formula is C37H39Cl2N3O4S. The van der Waals surface area contributed by atoms with Crippen molar-refractivity contribution in [3.63, 3.8) is 0 Å². The molecule has 0 radical (unpaired) electrons. The Labute approximate surface area is 287 Å². The van der Waals surface area contributed by atoms with Gasteiger partial charge in [0.15, 0.2) is 0 Å². The highest BCUT2D eigenvalue weighted by atomic mass is 35.5. The molecule has 4 aromatic rings. The second-order valence-electron chi connectivity index (χ2n) is 11.9. The van der Waals surface area contributed by atoms with Crippen LogP contribution in [0.1, 0.15) is 48.8 Å². The Hall–Kier alpha value is -3.85. The number of sulfonamides is 1. The van der Waals surface area contributed by atoms with Crippen LogP contribution in [0.4, 0.5) is 5.69 Å². The van der Waals surface area contributed by atoms with Crippen molar-refractivity contribution < 1.29 is 18.0 Å². The molecule has 1 aliphatic carbocycles. The van der Waals surface area contributed by atoms with E-state index in [0.717, 1.165) is 47.5 Å². The van der Waals surface area contributed by atoms with Gasteiger partial charge in [-0.3, -0.25) is 13.9 Å². The van der Waals surface area contributed by atoms with Gasteiger partial charge in [-0.05, 0) is 61.7 Å². The van der Waals surface area contributed by atoms with Crippen molar-refractivity contribution in [3.05, 3.63) is 130 Å². The van der Waals surface area contributed by atoms with Crippen LogP contribution < -0.4 is 9.62 Å². The first-order valence-electron chi connectivity index (χ1n) is 15.8. The van der Waals surface area contributed by atoms with Crippen LogP contribution in [0.5, 0.6) is 0 Å². The van der Waals surface area contributed by atoms with E-state index < -0.39 is 28.5 Å². The molecule has 7 nitrogen and oxygen atoms in total. The van der Waals surface area contributed by atoms with Gasteiger partial charge in [-0.2, -0.15) is 0 Å². The van der Waals surface area contributed by atoms with Crippen molar-refractivity contribution in [2.75, 3.05) is 10.8 Å². The molecule has 10 heteroatoms. The lowest BCUT2D eigenvalue weighted by molar-refractivity contribution is -0.140. The summed E-state index contributed by atoms with van der Waals surface area (Å²) in [7, 11) is -4.18. The smallest absolute Gasteiger partial charge is 0.264 e. The fourth-order valence-corrected chi connectivity index (χ4v) is 7.84. The van der Waals surface area contributed by atoms with Crippen LogP contribution in [0.25, 0.3) is 0 Å². The number of para-hydroxylation sites is 1. The topological polar surface area (TPSA) is 86.8 Å². The van der Waals surface area contributed by atoms with Gasteiger partial charge in [-0.15, -0.1) is 0 Å². The number of anilines is 1. The molecule has 1 fully saturated rings. The van der Waals surface area contributed by atoms with E-state index >= 15 is 0 Å². The number of amides is 2. The van der Waals surface area contributed by atoms with Crippen LogP contribution in [0, 0.1) is 6.92 Å². The minimum Gasteiger partial charge on any atom is -0.352 e. The lowest BCUT2D eigenvalue weighted by Gasteiger charge is -2.35. The van der Waals surface area contributed by atoms with Crippen molar-refractivity contribution in [3.8, 4) is 0 Å². The fourth-order valence-electron chi connectivity index (χ4n) is 5.91. The van der Waals surface area contributed by atoms with Gasteiger partial charge >= 0.3 is 0 Å². The Morgan fingerprint density at radius 2 is 1.40 bits per heavy atom. The molecule has 0 aromatic heterocycles. The minimum atomic E-state index is -4.18. The second kappa shape index (κ2) is 15.8. The molecule has 0 spiro atoms. The van der Waals surface area contributed by atoms with Crippen LogP contribution in [0.3, 0.4) is 0 Å². The zero-order valence-electron chi connectivity index (χ0n) is 26.3. The van der Waals surface area contributed by atoms with E-state index in [1.54, 1.807) is 60.7 Å². The molecule has 1 aliphatic rings. The summed E-state index contributed by atoms with van der Waals surface area (Å²) in [5.41, 5.74) is 2.55. The van der Waals surface area contributed by atoms with Gasteiger partial charge in [0, 0.05) is 34.6 Å². The van der Waals surface area contributed by atoms with E-state index in [1.807, 2.05) is 37.3 Å². The highest BCUT2D eigenvalue weighted by molar-refractivity contribution is 7.92. The number of hydrogen-bond donors (Lipinski definition) is 1. The summed E-state index contributed by atoms with van der Waals surface area (Å²) >= 11 is 13.2. The Morgan fingerprint density at radius 3 is 2.02 bits per heavy atom. The van der Waals surface area contributed by atoms with Crippen molar-refractivity contribution in [2.45, 2.75) is 69.0 Å². The number of aryl methyl sites for hydroxylation is 1. The molecular weight excluding hydrogens is 653 g/mol. The average molecular weight is 693 g/mol. The molecule has 0 aliphatic heterocycles. The number of hydrogen-bond acceptors (Lipinski definition) is 4. The van der Waals surface area contributed by atoms with Crippen molar-refractivity contribution >= 4 is 50.7 Å². The molecule has 1 N–H and O–H groups in total. The monoisotopic (exact) mass is 691 g/mol. The van der Waals surface area contributed by atoms with Gasteiger partial charge in [0.2, 0.25) is 11.8 Å². The zero-order valence-corrected chi connectivity index (χ0v) is 28.6. The van der Waals surface area contributed by atoms with E-state index in [1.165, 1.54) is 17.0 Å². The predicted octanol–water partition coefficient (Wildman–Crippen LogP) is 7.59. The van der Waals surface area contributed by atoms with Gasteiger partial charge in [-0.25, -0.2) is 8.42 Å². The third kappa shape index (κ3) is 8.74. The highest BCUT2D eigenvalue weighted by Crippen LogP contribution is 2.29. The summed E-state index contributed by atoms with van der Waals surface area (Å²) < 4.78 is 29.4. The zero-order chi connectivity index (χ0) is 33.4. The number of carbonyl (C=O) groups is 2. The Kier molecular flexibility index (Phi) is 11.6. The molecule has 246 valence electrons. The standard InChI is InChI=1S/C37H39Cl2N3O4S/c1-27-20-22-31(23-21-27)47(45,46)42(30-16-9-4-10-17-30)26-36(43)41(25-32-33(38)18-11-19-34(32)39)35(24-28-12-5-2-6-13-28)37(44)40-29-14-7-3-8-15-29/h2,4-6,9-13,16-23,29,35H,3,7-8,14-15,24-26H2,1H3,(H,40,44). The first-order valence-corrected chi connectivity index (χ1v) is 18.0. The van der Waals surface area contributed by atoms with Crippen molar-refractivity contribution in [1.29, 1.82) is 0 Å². The van der Waals surface area contributed by atoms with E-state index in [2.05, 4.69) is 5.32 Å². The quantitative estimate of drug-likeness (QED) is 0.166. The summed E-state index contributed by atoms with van der Waals surface area (Å²) in [6.07, 6.45) is 5.11. The molecule has 4 aromatic carbocycles. The summed E-state index contributed by atoms with van der Waals surface area (Å²) in [6, 6.07) is 28.6. The summed E-state index contributed by atoms with van der Waals surface area (Å²) in [5, 5.41) is 3.89. The number of nitrogens with one attached hydrogen (secondary N) is 1. The van der Waals surface area contributed by atoms with E-state index in [9.17, 15) is 18.0 Å². The number of halogens is 2. The molecule has 47 heavy (non-hydrogen) atoms. The van der Waals surface area contributed by atoms with Crippen LogP contribution in [0.2, 0.25) is 10.0 Å². The number of benzene rings is 4. The number of carbonyl (C=O) groups excluding carboxylic acids is 2. The maximum Gasteiger partial charge on any atom is 0.264 e. The van der Waals surface area contributed by atoms with Crippen molar-refractivity contribution in [1.82, 2.24) is 10.2 Å². The average Bonchev–Trinajstić information content (AvgIpc) is 3.07. The molecule has 0 bridgehead atoms. The van der Waals surface area contributed by atoms with Gasteiger partial charge in [0.25, 0.3) is 10.0 Å². The van der Waals surface area contributed by atoms with E-state index in [4.69, 9.17) is 23.2 Å². The molecule has 2 amide bonds. The molecule has 1 atom stereocenters. The normalized spacial score (nSPS) is 14.3. The number of nitrogens with zero attached hydrogens (tertiary/aromatic N) is 2.